The maximum Gasteiger partial charge on any atom is 0.0700 e. The van der Waals surface area contributed by atoms with Gasteiger partial charge in [-0.25, -0.2) is 0 Å². The average Bonchev–Trinajstić information content (AvgIpc) is 2.29. The summed E-state index contributed by atoms with van der Waals surface area (Å²) in [5.74, 6) is 1.82. The van der Waals surface area contributed by atoms with Crippen molar-refractivity contribution in [3.63, 3.8) is 0 Å². The molecule has 3 unspecified atom stereocenters. The van der Waals surface area contributed by atoms with Crippen molar-refractivity contribution in [2.75, 3.05) is 25.5 Å². The predicted molar refractivity (Wildman–Crippen MR) is 67.8 cm³/mol. The van der Waals surface area contributed by atoms with Crippen LogP contribution in [-0.4, -0.2) is 41.1 Å². The number of nitrogens with zero attached hydrogens (tertiary/aromatic N) is 1. The quantitative estimate of drug-likeness (QED) is 0.773. The van der Waals surface area contributed by atoms with Gasteiger partial charge in [0.15, 0.2) is 0 Å². The first-order valence-corrected chi connectivity index (χ1v) is 7.18. The third-order valence-electron chi connectivity index (χ3n) is 4.35. The first kappa shape index (κ1) is 12.7. The van der Waals surface area contributed by atoms with Crippen LogP contribution in [-0.2, 0) is 0 Å². The molecule has 16 heavy (non-hydrogen) atoms. The molecule has 0 radical (unpaired) electrons. The van der Waals surface area contributed by atoms with Gasteiger partial charge in [-0.05, 0) is 25.2 Å². The van der Waals surface area contributed by atoms with Crippen LogP contribution in [0.3, 0.4) is 0 Å². The number of hydrogen-bond acceptors (Lipinski definition) is 2. The van der Waals surface area contributed by atoms with Gasteiger partial charge in [0, 0.05) is 31.4 Å². The lowest BCUT2D eigenvalue weighted by Gasteiger charge is -2.47. The Balaban J connectivity index is 1.89. The normalized spacial score (nSPS) is 38.1. The molecule has 1 N–H and O–H groups in total. The fourth-order valence-corrected chi connectivity index (χ4v) is 3.39. The van der Waals surface area contributed by atoms with E-state index in [0.29, 0.717) is 11.8 Å². The predicted octanol–water partition coefficient (Wildman–Crippen LogP) is 2.49. The van der Waals surface area contributed by atoms with E-state index < -0.39 is 0 Å². The number of piperidine rings is 1. The third-order valence-corrected chi connectivity index (χ3v) is 4.87. The highest BCUT2D eigenvalue weighted by Gasteiger charge is 2.42. The first-order valence-electron chi connectivity index (χ1n) is 6.65. The number of fused-ring (bicyclic) bond motifs is 1. The summed E-state index contributed by atoms with van der Waals surface area (Å²) >= 11 is 5.86. The molecule has 2 rings (SSSR count). The maximum atomic E-state index is 10.5. The van der Waals surface area contributed by atoms with E-state index in [-0.39, 0.29) is 5.60 Å². The maximum absolute atomic E-state index is 10.5. The van der Waals surface area contributed by atoms with Crippen LogP contribution < -0.4 is 0 Å². The van der Waals surface area contributed by atoms with Gasteiger partial charge < -0.3 is 10.0 Å². The summed E-state index contributed by atoms with van der Waals surface area (Å²) in [6.07, 6.45) is 5.71. The van der Waals surface area contributed by atoms with E-state index in [9.17, 15) is 5.11 Å². The van der Waals surface area contributed by atoms with Crippen molar-refractivity contribution in [3.8, 4) is 0 Å². The molecule has 94 valence electrons. The molecule has 0 aromatic carbocycles. The van der Waals surface area contributed by atoms with Gasteiger partial charge in [0.25, 0.3) is 0 Å². The lowest BCUT2D eigenvalue weighted by Crippen LogP contribution is -2.53. The summed E-state index contributed by atoms with van der Waals surface area (Å²) in [5, 5.41) is 10.5. The van der Waals surface area contributed by atoms with E-state index in [0.717, 1.165) is 38.4 Å². The molecular weight excluding hydrogens is 222 g/mol. The molecule has 2 aliphatic rings. The Morgan fingerprint density at radius 1 is 1.44 bits per heavy atom. The highest BCUT2D eigenvalue weighted by molar-refractivity contribution is 6.18. The number of aliphatic hydroxyl groups is 1. The van der Waals surface area contributed by atoms with Crippen LogP contribution in [0.1, 0.15) is 39.0 Å². The van der Waals surface area contributed by atoms with E-state index in [2.05, 4.69) is 11.8 Å². The molecule has 2 nitrogen and oxygen atoms in total. The lowest BCUT2D eigenvalue weighted by molar-refractivity contribution is -0.0965. The van der Waals surface area contributed by atoms with Crippen LogP contribution in [0.2, 0.25) is 0 Å². The van der Waals surface area contributed by atoms with E-state index in [4.69, 9.17) is 11.6 Å². The highest BCUT2D eigenvalue weighted by Crippen LogP contribution is 2.39. The molecule has 0 spiro atoms. The van der Waals surface area contributed by atoms with Crippen LogP contribution in [0, 0.1) is 11.8 Å². The Bertz CT molecular complexity index is 236. The van der Waals surface area contributed by atoms with Gasteiger partial charge in [0.1, 0.15) is 0 Å². The van der Waals surface area contributed by atoms with E-state index in [1.807, 2.05) is 0 Å². The third kappa shape index (κ3) is 2.72. The second-order valence-corrected chi connectivity index (χ2v) is 6.12. The Labute approximate surface area is 104 Å². The minimum absolute atomic E-state index is 0.334. The molecule has 1 heterocycles. The lowest BCUT2D eigenvalue weighted by atomic mass is 9.71. The minimum atomic E-state index is -0.334. The van der Waals surface area contributed by atoms with Crippen LogP contribution >= 0.6 is 11.6 Å². The average molecular weight is 246 g/mol. The van der Waals surface area contributed by atoms with Gasteiger partial charge in [0.05, 0.1) is 5.60 Å². The van der Waals surface area contributed by atoms with Gasteiger partial charge >= 0.3 is 0 Å². The van der Waals surface area contributed by atoms with Gasteiger partial charge in [-0.2, -0.15) is 0 Å². The monoisotopic (exact) mass is 245 g/mol. The smallest absolute Gasteiger partial charge is 0.0700 e. The highest BCUT2D eigenvalue weighted by atomic mass is 35.5. The van der Waals surface area contributed by atoms with Gasteiger partial charge in [-0.15, -0.1) is 11.6 Å². The summed E-state index contributed by atoms with van der Waals surface area (Å²) in [4.78, 5) is 2.50. The van der Waals surface area contributed by atoms with E-state index in [1.54, 1.807) is 0 Å². The Hall–Kier alpha value is 0.210. The zero-order valence-corrected chi connectivity index (χ0v) is 11.0. The van der Waals surface area contributed by atoms with Crippen LogP contribution in [0.25, 0.3) is 0 Å². The molecule has 0 aromatic heterocycles. The molecule has 0 aromatic rings. The largest absolute Gasteiger partial charge is 0.390 e. The van der Waals surface area contributed by atoms with Crippen molar-refractivity contribution in [2.45, 2.75) is 44.6 Å². The molecule has 1 aliphatic heterocycles. The summed E-state index contributed by atoms with van der Waals surface area (Å²) in [7, 11) is 0. The van der Waals surface area contributed by atoms with Crippen molar-refractivity contribution < 1.29 is 5.11 Å². The number of likely N-dealkylation sites (tertiary alicyclic amines) is 1. The SMILES string of the molecule is CC(CCl)CN1CCC2(O)CCCCC2C1. The Morgan fingerprint density at radius 2 is 2.25 bits per heavy atom. The van der Waals surface area contributed by atoms with Crippen molar-refractivity contribution in [2.24, 2.45) is 11.8 Å². The molecule has 0 amide bonds. The van der Waals surface area contributed by atoms with Crippen molar-refractivity contribution in [3.05, 3.63) is 0 Å². The summed E-state index contributed by atoms with van der Waals surface area (Å²) < 4.78 is 0. The second kappa shape index (κ2) is 5.24. The Morgan fingerprint density at radius 3 is 3.00 bits per heavy atom. The minimum Gasteiger partial charge on any atom is -0.390 e. The standard InChI is InChI=1S/C13H24ClNO/c1-11(8-14)9-15-7-6-13(16)5-3-2-4-12(13)10-15/h11-12,16H,2-10H2,1H3. The topological polar surface area (TPSA) is 23.5 Å². The molecule has 2 fully saturated rings. The van der Waals surface area contributed by atoms with Crippen molar-refractivity contribution in [1.29, 1.82) is 0 Å². The van der Waals surface area contributed by atoms with Crippen molar-refractivity contribution in [1.82, 2.24) is 4.90 Å². The summed E-state index contributed by atoms with van der Waals surface area (Å²) in [6.45, 7) is 5.43. The molecule has 1 saturated carbocycles. The van der Waals surface area contributed by atoms with Gasteiger partial charge in [0.2, 0.25) is 0 Å². The van der Waals surface area contributed by atoms with Crippen LogP contribution in [0.15, 0.2) is 0 Å². The van der Waals surface area contributed by atoms with Crippen LogP contribution in [0.5, 0.6) is 0 Å². The molecule has 3 heteroatoms. The molecule has 1 saturated heterocycles. The summed E-state index contributed by atoms with van der Waals surface area (Å²) in [6, 6.07) is 0. The van der Waals surface area contributed by atoms with E-state index in [1.165, 1.54) is 19.3 Å². The number of alkyl halides is 1. The number of hydrogen-bond donors (Lipinski definition) is 1. The van der Waals surface area contributed by atoms with Crippen LogP contribution in [0.4, 0.5) is 0 Å². The van der Waals surface area contributed by atoms with Gasteiger partial charge in [-0.1, -0.05) is 19.8 Å². The molecule has 3 atom stereocenters. The fraction of sp³-hybridized carbons (Fsp3) is 1.00. The zero-order chi connectivity index (χ0) is 11.6. The molecule has 1 aliphatic carbocycles. The number of rotatable bonds is 3. The van der Waals surface area contributed by atoms with Gasteiger partial charge in [-0.3, -0.25) is 0 Å². The zero-order valence-electron chi connectivity index (χ0n) is 10.3. The first-order chi connectivity index (χ1) is 7.64. The van der Waals surface area contributed by atoms with Crippen molar-refractivity contribution >= 4 is 11.6 Å². The molecule has 0 bridgehead atoms. The number of halogens is 1. The second-order valence-electron chi connectivity index (χ2n) is 5.82. The Kier molecular flexibility index (Phi) is 4.15. The summed E-state index contributed by atoms with van der Waals surface area (Å²) in [5.41, 5.74) is -0.334. The van der Waals surface area contributed by atoms with E-state index >= 15 is 0 Å². The fourth-order valence-electron chi connectivity index (χ4n) is 3.30. The molecular formula is C13H24ClNO.